The standard InChI is InChI=1S/C29H35N5O3.C4H10O/c1-3-37-27(35)17-24-20(2)31-26-18-25-28(36)30-19-23-12-8-7-11-22(23)10-6-4-5-9-21-13-15-33(16-14-21)29(24)34(26)32-25;1-4(2,3)5/h4-5,7-8,11-12,18,21H,3,6,9-10,13-17,19H2,1-2H3,(H,30,36);5H,1-3H3/b5-4+;. The number of esters is 1. The smallest absolute Gasteiger partial charge is 0.310 e. The number of carbonyl (C=O) groups is 2. The second-order valence-corrected chi connectivity index (χ2v) is 12.1. The van der Waals surface area contributed by atoms with Crippen LogP contribution in [0.2, 0.25) is 0 Å². The summed E-state index contributed by atoms with van der Waals surface area (Å²) >= 11 is 0. The highest BCUT2D eigenvalue weighted by Gasteiger charge is 2.27. The molecule has 2 N–H and O–H groups in total. The number of amides is 1. The fourth-order valence-electron chi connectivity index (χ4n) is 5.40. The second-order valence-electron chi connectivity index (χ2n) is 12.1. The van der Waals surface area contributed by atoms with Gasteiger partial charge in [-0.2, -0.15) is 9.61 Å². The van der Waals surface area contributed by atoms with E-state index in [1.807, 2.05) is 19.9 Å². The third-order valence-electron chi connectivity index (χ3n) is 7.43. The first-order valence-corrected chi connectivity index (χ1v) is 15.1. The van der Waals surface area contributed by atoms with Gasteiger partial charge in [0.25, 0.3) is 5.91 Å². The van der Waals surface area contributed by atoms with Gasteiger partial charge in [-0.3, -0.25) is 9.59 Å². The number of carbonyl (C=O) groups excluding carboxylic acids is 2. The fraction of sp³-hybridized carbons (Fsp3) is 0.515. The molecule has 1 fully saturated rings. The molecule has 2 aromatic heterocycles. The van der Waals surface area contributed by atoms with Gasteiger partial charge in [0, 0.05) is 37.0 Å². The molecule has 42 heavy (non-hydrogen) atoms. The molecule has 5 heterocycles. The Kier molecular flexibility index (Phi) is 10.4. The van der Waals surface area contributed by atoms with Gasteiger partial charge in [0.1, 0.15) is 5.82 Å². The highest BCUT2D eigenvalue weighted by molar-refractivity contribution is 5.93. The van der Waals surface area contributed by atoms with Crippen LogP contribution in [-0.4, -0.2) is 56.9 Å². The number of nitrogens with one attached hydrogen (secondary N) is 1. The van der Waals surface area contributed by atoms with Crippen LogP contribution in [0.15, 0.2) is 42.5 Å². The molecule has 1 saturated heterocycles. The van der Waals surface area contributed by atoms with E-state index in [4.69, 9.17) is 19.9 Å². The molecule has 0 aliphatic carbocycles. The van der Waals surface area contributed by atoms with E-state index >= 15 is 0 Å². The molecule has 0 atom stereocenters. The lowest BCUT2D eigenvalue weighted by Gasteiger charge is -2.34. The maximum atomic E-state index is 13.2. The summed E-state index contributed by atoms with van der Waals surface area (Å²) < 4.78 is 7.01. The van der Waals surface area contributed by atoms with Gasteiger partial charge in [0.2, 0.25) is 0 Å². The first-order valence-electron chi connectivity index (χ1n) is 15.1. The predicted molar refractivity (Wildman–Crippen MR) is 165 cm³/mol. The van der Waals surface area contributed by atoms with Crippen molar-refractivity contribution in [2.45, 2.75) is 85.3 Å². The van der Waals surface area contributed by atoms with Crippen LogP contribution in [-0.2, 0) is 28.9 Å². The Bertz CT molecular complexity index is 1410. The minimum Gasteiger partial charge on any atom is -0.466 e. The number of fused-ring (bicyclic) bond motifs is 7. The van der Waals surface area contributed by atoms with E-state index in [9.17, 15) is 9.59 Å². The molecule has 3 aliphatic heterocycles. The first kappa shape index (κ1) is 31.2. The zero-order valence-corrected chi connectivity index (χ0v) is 25.7. The van der Waals surface area contributed by atoms with Crippen LogP contribution in [0.4, 0.5) is 5.82 Å². The Morgan fingerprint density at radius 1 is 1.14 bits per heavy atom. The Labute approximate surface area is 249 Å². The van der Waals surface area contributed by atoms with Gasteiger partial charge in [-0.15, -0.1) is 0 Å². The number of rotatable bonds is 3. The fourth-order valence-corrected chi connectivity index (χ4v) is 5.40. The monoisotopic (exact) mass is 575 g/mol. The van der Waals surface area contributed by atoms with E-state index in [2.05, 4.69) is 40.6 Å². The highest BCUT2D eigenvalue weighted by atomic mass is 16.5. The van der Waals surface area contributed by atoms with Crippen molar-refractivity contribution in [3.05, 3.63) is 70.6 Å². The van der Waals surface area contributed by atoms with Gasteiger partial charge in [-0.25, -0.2) is 4.98 Å². The van der Waals surface area contributed by atoms with Crippen LogP contribution >= 0.6 is 0 Å². The summed E-state index contributed by atoms with van der Waals surface area (Å²) in [5, 5.41) is 16.3. The van der Waals surface area contributed by atoms with E-state index < -0.39 is 5.60 Å². The van der Waals surface area contributed by atoms with Crippen molar-refractivity contribution in [3.8, 4) is 0 Å². The maximum Gasteiger partial charge on any atom is 0.310 e. The third-order valence-corrected chi connectivity index (χ3v) is 7.43. The van der Waals surface area contributed by atoms with E-state index in [0.29, 0.717) is 30.4 Å². The number of allylic oxidation sites excluding steroid dienone is 2. The van der Waals surface area contributed by atoms with Crippen LogP contribution in [0, 0.1) is 12.8 Å². The lowest BCUT2D eigenvalue weighted by Crippen LogP contribution is -2.36. The van der Waals surface area contributed by atoms with Crippen molar-refractivity contribution in [2.75, 3.05) is 24.6 Å². The number of aryl methyl sites for hydroxylation is 2. The Hall–Kier alpha value is -3.72. The summed E-state index contributed by atoms with van der Waals surface area (Å²) in [4.78, 5) is 32.7. The molecule has 9 nitrogen and oxygen atoms in total. The summed E-state index contributed by atoms with van der Waals surface area (Å²) in [6.45, 7) is 11.4. The molecule has 6 rings (SSSR count). The summed E-state index contributed by atoms with van der Waals surface area (Å²) in [5.41, 5.74) is 4.35. The first-order chi connectivity index (χ1) is 20.0. The molecule has 226 valence electrons. The quantitative estimate of drug-likeness (QED) is 0.336. The Balaban J connectivity index is 0.000000748. The highest BCUT2D eigenvalue weighted by Crippen LogP contribution is 2.31. The van der Waals surface area contributed by atoms with Crippen molar-refractivity contribution in [2.24, 2.45) is 5.92 Å². The lowest BCUT2D eigenvalue weighted by molar-refractivity contribution is -0.142. The molecular weight excluding hydrogens is 530 g/mol. The normalized spacial score (nSPS) is 17.1. The minimum atomic E-state index is -0.500. The molecule has 1 amide bonds. The number of aliphatic hydroxyl groups is 1. The van der Waals surface area contributed by atoms with Crippen molar-refractivity contribution in [1.29, 1.82) is 0 Å². The van der Waals surface area contributed by atoms with Gasteiger partial charge < -0.3 is 20.1 Å². The van der Waals surface area contributed by atoms with E-state index in [1.54, 1.807) is 31.4 Å². The van der Waals surface area contributed by atoms with E-state index in [-0.39, 0.29) is 18.3 Å². The number of hydrogen-bond donors (Lipinski definition) is 2. The van der Waals surface area contributed by atoms with Crippen molar-refractivity contribution in [1.82, 2.24) is 19.9 Å². The molecule has 1 aromatic carbocycles. The molecule has 3 aliphatic rings. The largest absolute Gasteiger partial charge is 0.466 e. The average molecular weight is 576 g/mol. The van der Waals surface area contributed by atoms with Crippen LogP contribution in [0.3, 0.4) is 0 Å². The maximum absolute atomic E-state index is 13.2. The molecule has 0 spiro atoms. The molecule has 0 saturated carbocycles. The van der Waals surface area contributed by atoms with Gasteiger partial charge in [-0.05, 0) is 83.8 Å². The van der Waals surface area contributed by atoms with E-state index in [1.165, 1.54) is 5.56 Å². The summed E-state index contributed by atoms with van der Waals surface area (Å²) in [6.07, 6.45) is 9.88. The Morgan fingerprint density at radius 3 is 2.52 bits per heavy atom. The topological polar surface area (TPSA) is 109 Å². The average Bonchev–Trinajstić information content (AvgIpc) is 3.35. The van der Waals surface area contributed by atoms with E-state index in [0.717, 1.165) is 67.8 Å². The number of hydrogen-bond acceptors (Lipinski definition) is 7. The van der Waals surface area contributed by atoms with Crippen molar-refractivity contribution >= 4 is 23.3 Å². The molecular formula is C33H45N5O4. The van der Waals surface area contributed by atoms with Gasteiger partial charge in [-0.1, -0.05) is 36.4 Å². The van der Waals surface area contributed by atoms with Crippen LogP contribution in [0.1, 0.15) is 86.3 Å². The second kappa shape index (κ2) is 14.0. The number of ether oxygens (including phenoxy) is 1. The number of anilines is 1. The summed E-state index contributed by atoms with van der Waals surface area (Å²) in [7, 11) is 0. The zero-order chi connectivity index (χ0) is 30.3. The van der Waals surface area contributed by atoms with Gasteiger partial charge in [0.05, 0.1) is 18.6 Å². The molecule has 0 radical (unpaired) electrons. The van der Waals surface area contributed by atoms with Gasteiger partial charge >= 0.3 is 5.97 Å². The molecule has 9 heteroatoms. The van der Waals surface area contributed by atoms with Crippen LogP contribution < -0.4 is 10.2 Å². The summed E-state index contributed by atoms with van der Waals surface area (Å²) in [5.74, 6) is 0.946. The number of piperidine rings is 1. The lowest BCUT2D eigenvalue weighted by atomic mass is 9.92. The van der Waals surface area contributed by atoms with Crippen molar-refractivity contribution in [3.63, 3.8) is 0 Å². The molecule has 0 unspecified atom stereocenters. The zero-order valence-electron chi connectivity index (χ0n) is 25.7. The number of nitrogens with zero attached hydrogens (tertiary/aromatic N) is 4. The SMILES string of the molecule is CC(C)(C)O.CCOC(=O)Cc1c(C)nc2cc3nn2c1N1CCC(C/C=C/CCc2ccccc2CNC3=O)CC1. The minimum absolute atomic E-state index is 0.124. The van der Waals surface area contributed by atoms with Crippen molar-refractivity contribution < 1.29 is 19.4 Å². The third kappa shape index (κ3) is 8.41. The Morgan fingerprint density at radius 2 is 1.83 bits per heavy atom. The summed E-state index contributed by atoms with van der Waals surface area (Å²) in [6, 6.07) is 10.00. The molecule has 4 bridgehead atoms. The van der Waals surface area contributed by atoms with Gasteiger partial charge in [0.15, 0.2) is 11.3 Å². The number of benzene rings is 1. The van der Waals surface area contributed by atoms with Crippen LogP contribution in [0.5, 0.6) is 0 Å². The molecule has 3 aromatic rings. The van der Waals surface area contributed by atoms with Crippen LogP contribution in [0.25, 0.3) is 5.65 Å². The predicted octanol–water partition coefficient (Wildman–Crippen LogP) is 4.96. The number of aromatic nitrogens is 3.